The standard InChI is InChI=1S/C22H24N2O4/c1-13(2)11-23-14(3)9-16(15(23)4)10-19-17-7-5-6-8-18(17)21(27)24(22(19)28)12-20(25)26/h5-10,13H,11-12H2,1-4H3,(H,25,26)/p-1/b19-10-. The number of carboxylic acid groups (broad SMARTS) is 1. The van der Waals surface area contributed by atoms with Crippen LogP contribution in [0.3, 0.4) is 0 Å². The Labute approximate surface area is 164 Å². The van der Waals surface area contributed by atoms with Crippen LogP contribution < -0.4 is 5.11 Å². The van der Waals surface area contributed by atoms with Crippen LogP contribution in [0, 0.1) is 19.8 Å². The van der Waals surface area contributed by atoms with Gasteiger partial charge in [-0.2, -0.15) is 0 Å². The number of aryl methyl sites for hydroxylation is 1. The lowest BCUT2D eigenvalue weighted by atomic mass is 9.92. The average molecular weight is 379 g/mol. The third-order valence-electron chi connectivity index (χ3n) is 4.92. The number of aliphatic carboxylic acids is 1. The van der Waals surface area contributed by atoms with Gasteiger partial charge in [0.05, 0.1) is 12.5 Å². The maximum absolute atomic E-state index is 13.0. The van der Waals surface area contributed by atoms with Crippen LogP contribution in [0.5, 0.6) is 0 Å². The van der Waals surface area contributed by atoms with Crippen LogP contribution in [0.4, 0.5) is 0 Å². The number of aromatic nitrogens is 1. The smallest absolute Gasteiger partial charge is 0.261 e. The van der Waals surface area contributed by atoms with Gasteiger partial charge in [0.15, 0.2) is 0 Å². The van der Waals surface area contributed by atoms with Gasteiger partial charge in [0, 0.05) is 29.1 Å². The highest BCUT2D eigenvalue weighted by molar-refractivity contribution is 6.34. The van der Waals surface area contributed by atoms with Crippen molar-refractivity contribution in [1.82, 2.24) is 9.47 Å². The number of benzene rings is 1. The van der Waals surface area contributed by atoms with E-state index in [-0.39, 0.29) is 0 Å². The summed E-state index contributed by atoms with van der Waals surface area (Å²) >= 11 is 0. The molecule has 2 aromatic rings. The van der Waals surface area contributed by atoms with Crippen molar-refractivity contribution in [3.05, 3.63) is 58.4 Å². The lowest BCUT2D eigenvalue weighted by molar-refractivity contribution is -0.305. The van der Waals surface area contributed by atoms with Crippen LogP contribution in [-0.4, -0.2) is 33.8 Å². The van der Waals surface area contributed by atoms with E-state index in [1.54, 1.807) is 30.3 Å². The minimum absolute atomic E-state index is 0.307. The Balaban J connectivity index is 2.14. The number of carbonyl (C=O) groups is 3. The zero-order valence-corrected chi connectivity index (χ0v) is 16.5. The maximum Gasteiger partial charge on any atom is 0.261 e. The van der Waals surface area contributed by atoms with E-state index in [2.05, 4.69) is 18.4 Å². The fourth-order valence-electron chi connectivity index (χ4n) is 3.59. The molecule has 0 spiro atoms. The zero-order valence-electron chi connectivity index (χ0n) is 16.5. The molecule has 1 aromatic carbocycles. The molecule has 6 heteroatoms. The molecule has 0 saturated carbocycles. The van der Waals surface area contributed by atoms with Crippen molar-refractivity contribution in [2.45, 2.75) is 34.2 Å². The number of carbonyl (C=O) groups excluding carboxylic acids is 3. The van der Waals surface area contributed by atoms with E-state index in [9.17, 15) is 19.5 Å². The van der Waals surface area contributed by atoms with Gasteiger partial charge in [-0.25, -0.2) is 0 Å². The zero-order chi connectivity index (χ0) is 20.6. The van der Waals surface area contributed by atoms with Crippen LogP contribution in [0.2, 0.25) is 0 Å². The highest BCUT2D eigenvalue weighted by Crippen LogP contribution is 2.31. The third-order valence-corrected chi connectivity index (χ3v) is 4.92. The van der Waals surface area contributed by atoms with Crippen LogP contribution in [-0.2, 0) is 16.1 Å². The van der Waals surface area contributed by atoms with Crippen molar-refractivity contribution >= 4 is 29.4 Å². The largest absolute Gasteiger partial charge is 0.548 e. The first-order chi connectivity index (χ1) is 13.2. The molecule has 146 valence electrons. The molecule has 1 aliphatic rings. The molecule has 2 heterocycles. The van der Waals surface area contributed by atoms with E-state index in [1.807, 2.05) is 19.9 Å². The number of rotatable bonds is 5. The first-order valence-corrected chi connectivity index (χ1v) is 9.24. The molecule has 0 radical (unpaired) electrons. The second-order valence-corrected chi connectivity index (χ2v) is 7.50. The molecule has 1 aromatic heterocycles. The van der Waals surface area contributed by atoms with E-state index < -0.39 is 24.3 Å². The third kappa shape index (κ3) is 3.50. The highest BCUT2D eigenvalue weighted by atomic mass is 16.4. The molecule has 0 atom stereocenters. The number of hydrogen-bond donors (Lipinski definition) is 0. The molecule has 0 aliphatic carbocycles. The average Bonchev–Trinajstić information content (AvgIpc) is 2.89. The predicted octanol–water partition coefficient (Wildman–Crippen LogP) is 2.03. The van der Waals surface area contributed by atoms with E-state index in [0.717, 1.165) is 28.4 Å². The Hall–Kier alpha value is -3.15. The number of nitrogens with zero attached hydrogens (tertiary/aromatic N) is 2. The van der Waals surface area contributed by atoms with Crippen molar-refractivity contribution in [2.24, 2.45) is 5.92 Å². The predicted molar refractivity (Wildman–Crippen MR) is 104 cm³/mol. The SMILES string of the molecule is Cc1cc(/C=C2\C(=O)N(CC(=O)[O-])C(=O)c3ccccc32)c(C)n1CC(C)C. The first-order valence-electron chi connectivity index (χ1n) is 9.24. The van der Waals surface area contributed by atoms with Gasteiger partial charge in [-0.15, -0.1) is 0 Å². The fraction of sp³-hybridized carbons (Fsp3) is 0.318. The minimum Gasteiger partial charge on any atom is -0.548 e. The number of hydrogen-bond acceptors (Lipinski definition) is 4. The Kier molecular flexibility index (Phi) is 5.23. The Morgan fingerprint density at radius 1 is 1.11 bits per heavy atom. The molecule has 2 amide bonds. The topological polar surface area (TPSA) is 82.4 Å². The van der Waals surface area contributed by atoms with Crippen LogP contribution in [0.1, 0.15) is 46.7 Å². The Bertz CT molecular complexity index is 998. The molecule has 3 rings (SSSR count). The number of fused-ring (bicyclic) bond motifs is 1. The van der Waals surface area contributed by atoms with Crippen LogP contribution in [0.15, 0.2) is 30.3 Å². The van der Waals surface area contributed by atoms with E-state index >= 15 is 0 Å². The summed E-state index contributed by atoms with van der Waals surface area (Å²) in [5.74, 6) is -2.25. The Morgan fingerprint density at radius 3 is 2.36 bits per heavy atom. The van der Waals surface area contributed by atoms with E-state index in [1.165, 1.54) is 0 Å². The molecule has 0 unspecified atom stereocenters. The summed E-state index contributed by atoms with van der Waals surface area (Å²) in [4.78, 5) is 37.3. The molecule has 0 saturated heterocycles. The summed E-state index contributed by atoms with van der Waals surface area (Å²) in [5.41, 5.74) is 4.11. The van der Waals surface area contributed by atoms with Gasteiger partial charge >= 0.3 is 0 Å². The molecule has 1 aliphatic heterocycles. The summed E-state index contributed by atoms with van der Waals surface area (Å²) in [7, 11) is 0. The molecule has 0 fully saturated rings. The molecule has 28 heavy (non-hydrogen) atoms. The monoisotopic (exact) mass is 379 g/mol. The second-order valence-electron chi connectivity index (χ2n) is 7.50. The van der Waals surface area contributed by atoms with Crippen LogP contribution >= 0.6 is 0 Å². The number of imide groups is 1. The van der Waals surface area contributed by atoms with Crippen molar-refractivity contribution in [3.63, 3.8) is 0 Å². The number of carboxylic acids is 1. The molecular formula is C22H23N2O4-. The quantitative estimate of drug-likeness (QED) is 0.588. The van der Waals surface area contributed by atoms with Gasteiger partial charge < -0.3 is 14.5 Å². The van der Waals surface area contributed by atoms with E-state index in [4.69, 9.17) is 0 Å². The second kappa shape index (κ2) is 7.46. The normalized spacial score (nSPS) is 15.5. The number of amides is 2. The highest BCUT2D eigenvalue weighted by Gasteiger charge is 2.34. The lowest BCUT2D eigenvalue weighted by Crippen LogP contribution is -2.47. The summed E-state index contributed by atoms with van der Waals surface area (Å²) < 4.78 is 2.19. The maximum atomic E-state index is 13.0. The summed E-state index contributed by atoms with van der Waals surface area (Å²) in [6, 6.07) is 8.75. The van der Waals surface area contributed by atoms with Gasteiger partial charge in [0.1, 0.15) is 0 Å². The lowest BCUT2D eigenvalue weighted by Gasteiger charge is -2.28. The first kappa shape index (κ1) is 19.6. The van der Waals surface area contributed by atoms with E-state index in [0.29, 0.717) is 22.6 Å². The van der Waals surface area contributed by atoms with Gasteiger partial charge in [0.2, 0.25) is 0 Å². The van der Waals surface area contributed by atoms with Gasteiger partial charge in [-0.05, 0) is 49.1 Å². The fourth-order valence-corrected chi connectivity index (χ4v) is 3.59. The van der Waals surface area contributed by atoms with Gasteiger partial charge in [-0.1, -0.05) is 32.0 Å². The summed E-state index contributed by atoms with van der Waals surface area (Å²) in [6.45, 7) is 8.38. The molecule has 0 bridgehead atoms. The molecular weight excluding hydrogens is 356 g/mol. The minimum atomic E-state index is -1.48. The van der Waals surface area contributed by atoms with Crippen molar-refractivity contribution in [1.29, 1.82) is 0 Å². The van der Waals surface area contributed by atoms with Crippen molar-refractivity contribution in [3.8, 4) is 0 Å². The molecule has 6 nitrogen and oxygen atoms in total. The van der Waals surface area contributed by atoms with Crippen molar-refractivity contribution < 1.29 is 19.5 Å². The van der Waals surface area contributed by atoms with Gasteiger partial charge in [0.25, 0.3) is 11.8 Å². The van der Waals surface area contributed by atoms with Crippen molar-refractivity contribution in [2.75, 3.05) is 6.54 Å². The Morgan fingerprint density at radius 2 is 1.75 bits per heavy atom. The summed E-state index contributed by atoms with van der Waals surface area (Å²) in [5, 5.41) is 11.1. The summed E-state index contributed by atoms with van der Waals surface area (Å²) in [6.07, 6.45) is 1.75. The van der Waals surface area contributed by atoms with Gasteiger partial charge in [-0.3, -0.25) is 14.5 Å². The van der Waals surface area contributed by atoms with Crippen LogP contribution in [0.25, 0.3) is 11.6 Å². The molecule has 0 N–H and O–H groups in total.